The van der Waals surface area contributed by atoms with E-state index in [1.807, 2.05) is 51.1 Å². The Morgan fingerprint density at radius 1 is 1.00 bits per heavy atom. The number of nitrogens with zero attached hydrogens (tertiary/aromatic N) is 1. The fourth-order valence-corrected chi connectivity index (χ4v) is 8.26. The van der Waals surface area contributed by atoms with E-state index in [0.29, 0.717) is 25.8 Å². The summed E-state index contributed by atoms with van der Waals surface area (Å²) in [4.78, 5) is 81.3. The molecule has 1 aromatic rings. The number of hydrogen-bond acceptors (Lipinski definition) is 7. The van der Waals surface area contributed by atoms with E-state index in [4.69, 9.17) is 10.5 Å². The maximum atomic E-state index is 14.4. The minimum absolute atomic E-state index is 0.0511. The number of carbonyl (C=O) groups excluding carboxylic acids is 6. The van der Waals surface area contributed by atoms with Crippen molar-refractivity contribution in [1.82, 2.24) is 20.9 Å². The first-order valence-corrected chi connectivity index (χ1v) is 17.2. The normalized spacial score (nSPS) is 26.6. The number of urea groups is 1. The van der Waals surface area contributed by atoms with Gasteiger partial charge < -0.3 is 31.3 Å². The molecule has 5 N–H and O–H groups in total. The van der Waals surface area contributed by atoms with Gasteiger partial charge in [0.15, 0.2) is 0 Å². The number of carbonyl (C=O) groups is 6. The number of piperidine rings is 1. The van der Waals surface area contributed by atoms with Crippen LogP contribution in [-0.4, -0.2) is 70.6 Å². The van der Waals surface area contributed by atoms with E-state index >= 15 is 0 Å². The maximum Gasteiger partial charge on any atom is 0.332 e. The predicted molar refractivity (Wildman–Crippen MR) is 175 cm³/mol. The van der Waals surface area contributed by atoms with Crippen LogP contribution in [0, 0.1) is 34.0 Å². The van der Waals surface area contributed by atoms with E-state index in [2.05, 4.69) is 29.8 Å². The highest BCUT2D eigenvalue weighted by Crippen LogP contribution is 2.66. The maximum absolute atomic E-state index is 14.4. The number of amides is 5. The van der Waals surface area contributed by atoms with Crippen LogP contribution in [0.5, 0.6) is 0 Å². The number of nitrogens with one attached hydrogen (secondary N) is 3. The summed E-state index contributed by atoms with van der Waals surface area (Å²) in [6.45, 7) is 9.99. The molecule has 5 atom stereocenters. The number of Topliss-reactive ketones (excluding diaryl/α,β-unsaturated/α-hetero) is 1. The zero-order valence-corrected chi connectivity index (χ0v) is 28.6. The molecule has 12 nitrogen and oxygen atoms in total. The Morgan fingerprint density at radius 3 is 2.21 bits per heavy atom. The summed E-state index contributed by atoms with van der Waals surface area (Å²) in [5.41, 5.74) is 4.06. The molecule has 5 fully saturated rings. The molecule has 260 valence electrons. The zero-order valence-electron chi connectivity index (χ0n) is 28.6. The molecule has 0 bridgehead atoms. The second-order valence-corrected chi connectivity index (χ2v) is 16.8. The van der Waals surface area contributed by atoms with Gasteiger partial charge in [-0.1, -0.05) is 77.8 Å². The number of likely N-dealkylation sites (tertiary alicyclic amines) is 1. The lowest BCUT2D eigenvalue weighted by atomic mass is 9.65. The lowest BCUT2D eigenvalue weighted by Crippen LogP contribution is -2.67. The fourth-order valence-electron chi connectivity index (χ4n) is 8.26. The SMILES string of the molecule is CC(C)(C)[C@H](NC(=O)NC1(C(=O)OCc2ccccc2)CC2(CC2)C1)C(=O)N1C[C@H]2C([C@H]1C(=O)NC(CC1CC1)C(=O)C(N)=O)C2(C)C. The van der Waals surface area contributed by atoms with Crippen molar-refractivity contribution in [3.05, 3.63) is 35.9 Å². The Morgan fingerprint density at radius 2 is 1.65 bits per heavy atom. The predicted octanol–water partition coefficient (Wildman–Crippen LogP) is 2.58. The van der Waals surface area contributed by atoms with Crippen molar-refractivity contribution in [3.8, 4) is 0 Å². The molecule has 12 heteroatoms. The monoisotopic (exact) mass is 663 g/mol. The highest BCUT2D eigenvalue weighted by atomic mass is 16.5. The van der Waals surface area contributed by atoms with Crippen LogP contribution in [0.4, 0.5) is 4.79 Å². The van der Waals surface area contributed by atoms with Crippen LogP contribution < -0.4 is 21.7 Å². The lowest BCUT2D eigenvalue weighted by molar-refractivity contribution is -0.160. The van der Waals surface area contributed by atoms with Gasteiger partial charge in [0, 0.05) is 6.54 Å². The van der Waals surface area contributed by atoms with Crippen LogP contribution in [0.2, 0.25) is 0 Å². The molecule has 1 aliphatic heterocycles. The van der Waals surface area contributed by atoms with Crippen molar-refractivity contribution < 1.29 is 33.5 Å². The van der Waals surface area contributed by atoms with E-state index < -0.39 is 64.6 Å². The van der Waals surface area contributed by atoms with Gasteiger partial charge in [-0.2, -0.15) is 0 Å². The van der Waals surface area contributed by atoms with Gasteiger partial charge in [-0.05, 0) is 71.7 Å². The van der Waals surface area contributed by atoms with Crippen LogP contribution in [-0.2, 0) is 35.3 Å². The molecule has 4 saturated carbocycles. The summed E-state index contributed by atoms with van der Waals surface area (Å²) < 4.78 is 5.67. The van der Waals surface area contributed by atoms with Gasteiger partial charge in [0.1, 0.15) is 24.2 Å². The van der Waals surface area contributed by atoms with Gasteiger partial charge in [0.2, 0.25) is 17.6 Å². The second kappa shape index (κ2) is 11.9. The number of benzene rings is 1. The Balaban J connectivity index is 1.16. The summed E-state index contributed by atoms with van der Waals surface area (Å²) in [5.74, 6) is -3.21. The molecule has 2 unspecified atom stereocenters. The Bertz CT molecular complexity index is 1500. The van der Waals surface area contributed by atoms with Crippen molar-refractivity contribution in [3.63, 3.8) is 0 Å². The molecule has 6 rings (SSSR count). The smallest absolute Gasteiger partial charge is 0.332 e. The molecule has 0 aromatic heterocycles. The van der Waals surface area contributed by atoms with E-state index in [0.717, 1.165) is 31.2 Å². The fraction of sp³-hybridized carbons (Fsp3) is 0.667. The van der Waals surface area contributed by atoms with Crippen molar-refractivity contribution in [1.29, 1.82) is 0 Å². The first kappa shape index (κ1) is 33.9. The number of hydrogen-bond donors (Lipinski definition) is 4. The molecule has 1 saturated heterocycles. The van der Waals surface area contributed by atoms with Gasteiger partial charge in [0.05, 0.1) is 6.04 Å². The third kappa shape index (κ3) is 6.54. The number of primary amides is 1. The van der Waals surface area contributed by atoms with E-state index in [1.165, 1.54) is 4.90 Å². The molecular weight excluding hydrogens is 614 g/mol. The number of nitrogens with two attached hydrogens (primary N) is 1. The van der Waals surface area contributed by atoms with Crippen molar-refractivity contribution in [2.75, 3.05) is 6.54 Å². The Kier molecular flexibility index (Phi) is 8.39. The van der Waals surface area contributed by atoms with Gasteiger partial charge >= 0.3 is 12.0 Å². The Labute approximate surface area is 281 Å². The first-order valence-electron chi connectivity index (χ1n) is 17.2. The quantitative estimate of drug-likeness (QED) is 0.196. The summed E-state index contributed by atoms with van der Waals surface area (Å²) in [6.07, 6.45) is 5.11. The number of esters is 1. The molecule has 5 aliphatic rings. The topological polar surface area (TPSA) is 177 Å². The average Bonchev–Trinajstić information content (AvgIpc) is 3.96. The third-order valence-electron chi connectivity index (χ3n) is 11.6. The molecular formula is C36H49N5O7. The largest absolute Gasteiger partial charge is 0.459 e. The summed E-state index contributed by atoms with van der Waals surface area (Å²) >= 11 is 0. The van der Waals surface area contributed by atoms with E-state index in [-0.39, 0.29) is 35.2 Å². The minimum Gasteiger partial charge on any atom is -0.459 e. The molecule has 0 radical (unpaired) electrons. The van der Waals surface area contributed by atoms with Crippen LogP contribution in [0.3, 0.4) is 0 Å². The molecule has 4 aliphatic carbocycles. The second-order valence-electron chi connectivity index (χ2n) is 16.8. The highest BCUT2D eigenvalue weighted by molar-refractivity contribution is 6.37. The third-order valence-corrected chi connectivity index (χ3v) is 11.6. The average molecular weight is 664 g/mol. The van der Waals surface area contributed by atoms with Crippen molar-refractivity contribution in [2.45, 2.75) is 110 Å². The summed E-state index contributed by atoms with van der Waals surface area (Å²) in [5, 5.41) is 8.52. The molecule has 1 spiro atoms. The highest BCUT2D eigenvalue weighted by Gasteiger charge is 2.70. The van der Waals surface area contributed by atoms with Gasteiger partial charge in [-0.25, -0.2) is 9.59 Å². The van der Waals surface area contributed by atoms with E-state index in [1.54, 1.807) is 0 Å². The van der Waals surface area contributed by atoms with E-state index in [9.17, 15) is 28.8 Å². The summed E-state index contributed by atoms with van der Waals surface area (Å²) in [6, 6.07) is 5.73. The lowest BCUT2D eigenvalue weighted by Gasteiger charge is -2.47. The number of ether oxygens (including phenoxy) is 1. The molecule has 5 amide bonds. The van der Waals surface area contributed by atoms with Crippen molar-refractivity contribution in [2.24, 2.45) is 39.7 Å². The first-order chi connectivity index (χ1) is 22.5. The number of fused-ring (bicyclic) bond motifs is 1. The Hall–Kier alpha value is -3.96. The van der Waals surface area contributed by atoms with Crippen LogP contribution in [0.15, 0.2) is 30.3 Å². The van der Waals surface area contributed by atoms with Crippen LogP contribution >= 0.6 is 0 Å². The summed E-state index contributed by atoms with van der Waals surface area (Å²) in [7, 11) is 0. The van der Waals surface area contributed by atoms with Crippen molar-refractivity contribution >= 4 is 35.5 Å². The van der Waals surface area contributed by atoms with Gasteiger partial charge in [0.25, 0.3) is 5.91 Å². The molecule has 1 heterocycles. The van der Waals surface area contributed by atoms with Gasteiger partial charge in [-0.15, -0.1) is 0 Å². The number of rotatable bonds is 12. The number of ketones is 1. The molecule has 1 aromatic carbocycles. The van der Waals surface area contributed by atoms with Gasteiger partial charge in [-0.3, -0.25) is 19.2 Å². The minimum atomic E-state index is -1.19. The van der Waals surface area contributed by atoms with Crippen LogP contribution in [0.25, 0.3) is 0 Å². The zero-order chi connectivity index (χ0) is 34.8. The molecule has 48 heavy (non-hydrogen) atoms. The standard InChI is InChI=1S/C36H49N5O7/c1-33(2,3)27(39-32(47)40-36(18-35(19-36)13-14-35)31(46)48-17-21-9-7-6-8-10-21)30(45)41-16-22-24(34(22,4)5)25(41)29(44)38-23(15-20-11-12-20)26(42)28(37)43/h6-10,20,22-25,27H,11-19H2,1-5H3,(H2,37,43)(H,38,44)(H2,39,40,47)/t22-,23?,24?,25-,27+/m0/s1. The van der Waals surface area contributed by atoms with Crippen LogP contribution in [0.1, 0.15) is 85.1 Å².